The SMILES string of the molecule is CCOC(=O)CN1CCN(C(=O)NC2(c3ccccc3)CCN(CCC3(c4ccc(Cl)c(Cl)c4)CCN(C(=O)c4cc(-c5nnn[nH]5)ccc4OC)C3)CC2)CC1. The lowest BCUT2D eigenvalue weighted by atomic mass is 9.76. The van der Waals surface area contributed by atoms with Gasteiger partial charge in [-0.2, -0.15) is 0 Å². The summed E-state index contributed by atoms with van der Waals surface area (Å²) in [5, 5.41) is 18.6. The minimum atomic E-state index is -0.524. The van der Waals surface area contributed by atoms with Gasteiger partial charge in [0.15, 0.2) is 5.82 Å². The highest BCUT2D eigenvalue weighted by molar-refractivity contribution is 6.42. The second-order valence-corrected chi connectivity index (χ2v) is 15.9. The van der Waals surface area contributed by atoms with Crippen LogP contribution in [0.4, 0.5) is 4.79 Å². The van der Waals surface area contributed by atoms with Gasteiger partial charge in [0.1, 0.15) is 5.75 Å². The van der Waals surface area contributed by atoms with Crippen molar-refractivity contribution in [2.75, 3.05) is 79.2 Å². The molecule has 2 N–H and O–H groups in total. The maximum absolute atomic E-state index is 14.3. The van der Waals surface area contributed by atoms with Crippen molar-refractivity contribution in [3.8, 4) is 17.1 Å². The maximum atomic E-state index is 14.3. The smallest absolute Gasteiger partial charge is 0.320 e. The number of carbonyl (C=O) groups is 3. The fourth-order valence-corrected chi connectivity index (χ4v) is 8.78. The number of nitrogens with one attached hydrogen (secondary N) is 2. The number of ether oxygens (including phenoxy) is 2. The number of esters is 1. The molecule has 0 spiro atoms. The van der Waals surface area contributed by atoms with Gasteiger partial charge in [-0.3, -0.25) is 14.5 Å². The third-order valence-corrected chi connectivity index (χ3v) is 12.6. The van der Waals surface area contributed by atoms with E-state index in [1.165, 1.54) is 0 Å². The molecule has 16 heteroatoms. The molecule has 1 unspecified atom stereocenters. The van der Waals surface area contributed by atoms with E-state index < -0.39 is 5.54 Å². The Kier molecular flexibility index (Phi) is 12.6. The Hall–Kier alpha value is -4.76. The number of hydrogen-bond acceptors (Lipinski definition) is 10. The Morgan fingerprint density at radius 2 is 1.61 bits per heavy atom. The second-order valence-electron chi connectivity index (χ2n) is 15.1. The van der Waals surface area contributed by atoms with Crippen LogP contribution in [0.3, 0.4) is 0 Å². The van der Waals surface area contributed by atoms with Crippen molar-refractivity contribution in [1.29, 1.82) is 0 Å². The van der Waals surface area contributed by atoms with Crippen LogP contribution >= 0.6 is 23.2 Å². The molecule has 0 radical (unpaired) electrons. The molecule has 3 aliphatic rings. The van der Waals surface area contributed by atoms with Gasteiger partial charge in [0.25, 0.3) is 5.91 Å². The lowest BCUT2D eigenvalue weighted by Gasteiger charge is -2.45. The molecule has 4 heterocycles. The number of urea groups is 1. The first-order valence-electron chi connectivity index (χ1n) is 19.5. The number of benzene rings is 3. The summed E-state index contributed by atoms with van der Waals surface area (Å²) in [5.74, 6) is 0.559. The lowest BCUT2D eigenvalue weighted by molar-refractivity contribution is -0.144. The largest absolute Gasteiger partial charge is 0.496 e. The zero-order chi connectivity index (χ0) is 40.0. The van der Waals surface area contributed by atoms with Crippen molar-refractivity contribution in [3.05, 3.63) is 93.5 Å². The number of tetrazole rings is 1. The molecule has 0 bridgehead atoms. The molecule has 3 fully saturated rings. The minimum Gasteiger partial charge on any atom is -0.496 e. The van der Waals surface area contributed by atoms with Crippen LogP contribution in [0.2, 0.25) is 10.0 Å². The molecule has 302 valence electrons. The Morgan fingerprint density at radius 1 is 0.842 bits per heavy atom. The first-order valence-corrected chi connectivity index (χ1v) is 20.3. The first-order chi connectivity index (χ1) is 27.6. The molecule has 0 aliphatic carbocycles. The Labute approximate surface area is 342 Å². The third kappa shape index (κ3) is 9.04. The van der Waals surface area contributed by atoms with Gasteiger partial charge in [-0.05, 0) is 91.0 Å². The molecule has 0 saturated carbocycles. The molecule has 14 nitrogen and oxygen atoms in total. The standard InChI is InChI=1S/C41H49Cl2N9O5/c1-3-57-36(53)27-50-21-23-51(24-22-50)39(55)44-41(30-7-5-4-6-8-30)15-18-49(19-16-41)17-13-40(31-10-11-33(42)34(43)26-31)14-20-52(28-40)38(54)32-25-29(9-12-35(32)56-2)37-45-47-48-46-37/h4-12,25-26H,3,13-24,27-28H2,1-2H3,(H,44,55)(H,45,46,47,48). The summed E-state index contributed by atoms with van der Waals surface area (Å²) in [6.07, 6.45) is 3.02. The number of rotatable bonds is 12. The van der Waals surface area contributed by atoms with Crippen LogP contribution in [0.5, 0.6) is 5.75 Å². The van der Waals surface area contributed by atoms with Gasteiger partial charge in [-0.1, -0.05) is 59.6 Å². The molecule has 3 amide bonds. The minimum absolute atomic E-state index is 0.0861. The molecule has 4 aromatic rings. The lowest BCUT2D eigenvalue weighted by Crippen LogP contribution is -2.59. The summed E-state index contributed by atoms with van der Waals surface area (Å²) in [6, 6.07) is 21.3. The Balaban J connectivity index is 1.04. The zero-order valence-corrected chi connectivity index (χ0v) is 33.9. The van der Waals surface area contributed by atoms with Gasteiger partial charge >= 0.3 is 12.0 Å². The second kappa shape index (κ2) is 17.8. The van der Waals surface area contributed by atoms with Crippen molar-refractivity contribution in [1.82, 2.24) is 45.5 Å². The van der Waals surface area contributed by atoms with E-state index in [0.717, 1.165) is 56.4 Å². The summed E-state index contributed by atoms with van der Waals surface area (Å²) in [5.41, 5.74) is 2.36. The van der Waals surface area contributed by atoms with E-state index in [-0.39, 0.29) is 29.9 Å². The van der Waals surface area contributed by atoms with Crippen LogP contribution < -0.4 is 10.1 Å². The number of H-pyrrole nitrogens is 1. The number of aromatic amines is 1. The predicted molar refractivity (Wildman–Crippen MR) is 216 cm³/mol. The summed E-state index contributed by atoms with van der Waals surface area (Å²) in [7, 11) is 1.55. The third-order valence-electron chi connectivity index (χ3n) is 11.8. The number of halogens is 2. The van der Waals surface area contributed by atoms with Gasteiger partial charge in [0.2, 0.25) is 0 Å². The number of methoxy groups -OCH3 is 1. The highest BCUT2D eigenvalue weighted by Crippen LogP contribution is 2.42. The quantitative estimate of drug-likeness (QED) is 0.182. The molecule has 3 saturated heterocycles. The van der Waals surface area contributed by atoms with E-state index in [1.807, 2.05) is 57.2 Å². The number of amides is 3. The van der Waals surface area contributed by atoms with Crippen molar-refractivity contribution in [3.63, 3.8) is 0 Å². The molecule has 1 aromatic heterocycles. The van der Waals surface area contributed by atoms with Crippen LogP contribution in [0, 0.1) is 0 Å². The molecular weight excluding hydrogens is 769 g/mol. The van der Waals surface area contributed by atoms with Crippen LogP contribution in [0.15, 0.2) is 66.7 Å². The van der Waals surface area contributed by atoms with Gasteiger partial charge in [0, 0.05) is 63.3 Å². The molecule has 57 heavy (non-hydrogen) atoms. The molecule has 1 atom stereocenters. The highest BCUT2D eigenvalue weighted by Gasteiger charge is 2.44. The normalized spacial score (nSPS) is 20.0. The van der Waals surface area contributed by atoms with E-state index in [9.17, 15) is 14.4 Å². The van der Waals surface area contributed by atoms with Gasteiger partial charge in [-0.15, -0.1) is 5.10 Å². The number of piperidine rings is 1. The summed E-state index contributed by atoms with van der Waals surface area (Å²) in [4.78, 5) is 48.3. The van der Waals surface area contributed by atoms with Gasteiger partial charge < -0.3 is 29.5 Å². The monoisotopic (exact) mass is 817 g/mol. The Morgan fingerprint density at radius 3 is 2.30 bits per heavy atom. The van der Waals surface area contributed by atoms with E-state index in [4.69, 9.17) is 32.7 Å². The van der Waals surface area contributed by atoms with Crippen LogP contribution in [0.1, 0.15) is 54.1 Å². The predicted octanol–water partition coefficient (Wildman–Crippen LogP) is 5.24. The van der Waals surface area contributed by atoms with E-state index in [2.05, 4.69) is 43.0 Å². The van der Waals surface area contributed by atoms with Gasteiger partial charge in [0.05, 0.1) is 41.4 Å². The molecule has 3 aliphatic heterocycles. The van der Waals surface area contributed by atoms with Crippen molar-refractivity contribution in [2.24, 2.45) is 0 Å². The number of hydrogen-bond donors (Lipinski definition) is 2. The number of carbonyl (C=O) groups excluding carboxylic acids is 3. The topological polar surface area (TPSA) is 149 Å². The van der Waals surface area contributed by atoms with Crippen LogP contribution in [0.25, 0.3) is 11.4 Å². The summed E-state index contributed by atoms with van der Waals surface area (Å²) < 4.78 is 10.7. The number of piperazine rings is 1. The van der Waals surface area contributed by atoms with Crippen molar-refractivity contribution >= 4 is 41.1 Å². The molecule has 7 rings (SSSR count). The van der Waals surface area contributed by atoms with Crippen molar-refractivity contribution in [2.45, 2.75) is 43.6 Å². The van der Waals surface area contributed by atoms with Gasteiger partial charge in [-0.25, -0.2) is 9.89 Å². The molecule has 3 aromatic carbocycles. The molecular formula is C41H49Cl2N9O5. The van der Waals surface area contributed by atoms with E-state index >= 15 is 0 Å². The Bertz CT molecular complexity index is 2020. The summed E-state index contributed by atoms with van der Waals surface area (Å²) in [6.45, 7) is 8.09. The first kappa shape index (κ1) is 40.4. The number of aromatic nitrogens is 4. The number of nitrogens with zero attached hydrogens (tertiary/aromatic N) is 7. The van der Waals surface area contributed by atoms with Crippen LogP contribution in [-0.2, 0) is 20.5 Å². The van der Waals surface area contributed by atoms with Crippen LogP contribution in [-0.4, -0.2) is 137 Å². The average Bonchev–Trinajstić information content (AvgIpc) is 3.94. The number of likely N-dealkylation sites (tertiary alicyclic amines) is 2. The summed E-state index contributed by atoms with van der Waals surface area (Å²) >= 11 is 13.0. The highest BCUT2D eigenvalue weighted by atomic mass is 35.5. The fourth-order valence-electron chi connectivity index (χ4n) is 8.49. The average molecular weight is 819 g/mol. The van der Waals surface area contributed by atoms with E-state index in [1.54, 1.807) is 26.2 Å². The zero-order valence-electron chi connectivity index (χ0n) is 32.4. The van der Waals surface area contributed by atoms with Crippen molar-refractivity contribution < 1.29 is 23.9 Å². The fraction of sp³-hybridized carbons (Fsp3) is 0.463. The van der Waals surface area contributed by atoms with E-state index in [0.29, 0.717) is 78.6 Å². The maximum Gasteiger partial charge on any atom is 0.320 e.